The van der Waals surface area contributed by atoms with Crippen LogP contribution in [0.5, 0.6) is 0 Å². The van der Waals surface area contributed by atoms with Gasteiger partial charge in [-0.25, -0.2) is 0 Å². The van der Waals surface area contributed by atoms with E-state index in [1.54, 1.807) is 22.0 Å². The van der Waals surface area contributed by atoms with Crippen molar-refractivity contribution in [3.8, 4) is 0 Å². The molecule has 51 heavy (non-hydrogen) atoms. The first-order valence-corrected chi connectivity index (χ1v) is 19.2. The summed E-state index contributed by atoms with van der Waals surface area (Å²) < 4.78 is 12.4. The van der Waals surface area contributed by atoms with Crippen molar-refractivity contribution in [2.45, 2.75) is 121 Å². The maximum absolute atomic E-state index is 15.2. The standard InChI is InChI=1S/C40H58BrN3O7/c1-10-13-19-30(46)50-23-28(26-17-15-14-16-18-26)42-35(47)31-32-36(48)44(29(22-45)25(4)12-3)34(40(32)21-27(41)33(31)51-40)37(49)43(20-11-2)39(8,9)24-38(5,6)7/h10-11,14-18,25,27-29,31-34,45H,1-2,12-13,19-24H2,3-9H3,(H,42,47)/t25-,27?,28-,29-,31+,32-,33+,34+,40-/m0/s1. The predicted octanol–water partition coefficient (Wildman–Crippen LogP) is 5.74. The van der Waals surface area contributed by atoms with Gasteiger partial charge in [-0.1, -0.05) is 99.5 Å². The zero-order chi connectivity index (χ0) is 37.9. The lowest BCUT2D eigenvalue weighted by Gasteiger charge is -2.47. The van der Waals surface area contributed by atoms with Crippen molar-refractivity contribution in [3.63, 3.8) is 0 Å². The Morgan fingerprint density at radius 3 is 2.41 bits per heavy atom. The number of hydrogen-bond acceptors (Lipinski definition) is 7. The number of amides is 3. The number of aliphatic hydroxyl groups is 1. The van der Waals surface area contributed by atoms with Gasteiger partial charge < -0.3 is 29.7 Å². The van der Waals surface area contributed by atoms with Gasteiger partial charge >= 0.3 is 5.97 Å². The molecule has 1 aromatic carbocycles. The lowest BCUT2D eigenvalue weighted by atomic mass is 9.70. The second-order valence-corrected chi connectivity index (χ2v) is 17.5. The van der Waals surface area contributed by atoms with Gasteiger partial charge in [0, 0.05) is 23.3 Å². The number of hydrogen-bond donors (Lipinski definition) is 2. The third-order valence-electron chi connectivity index (χ3n) is 10.9. The van der Waals surface area contributed by atoms with Crippen molar-refractivity contribution >= 4 is 39.6 Å². The van der Waals surface area contributed by atoms with Crippen molar-refractivity contribution < 1.29 is 33.8 Å². The average Bonchev–Trinajstić information content (AvgIpc) is 3.66. The SMILES string of the molecule is C=CCCC(=O)OC[C@H](NC(=O)[C@H]1[C@@H]2O[C@@]3(CC2Br)[C@@H]1C(=O)N([C@@H](CO)[C@@H](C)CC)[C@@H]3C(=O)N(CC=C)C(C)(C)CC(C)(C)C)c1ccccc1. The van der Waals surface area contributed by atoms with Crippen LogP contribution < -0.4 is 5.32 Å². The van der Waals surface area contributed by atoms with Crippen molar-refractivity contribution in [3.05, 3.63) is 61.2 Å². The summed E-state index contributed by atoms with van der Waals surface area (Å²) in [7, 11) is 0. The van der Waals surface area contributed by atoms with Gasteiger partial charge in [-0.2, -0.15) is 0 Å². The largest absolute Gasteiger partial charge is 0.463 e. The molecule has 3 aliphatic heterocycles. The molecule has 0 radical (unpaired) electrons. The molecule has 2 N–H and O–H groups in total. The zero-order valence-corrected chi connectivity index (χ0v) is 33.0. The van der Waals surface area contributed by atoms with Gasteiger partial charge in [0.25, 0.3) is 0 Å². The number of fused-ring (bicyclic) bond motifs is 1. The molecule has 1 unspecified atom stereocenters. The van der Waals surface area contributed by atoms with Crippen molar-refractivity contribution in [1.82, 2.24) is 15.1 Å². The van der Waals surface area contributed by atoms with E-state index in [-0.39, 0.29) is 54.2 Å². The van der Waals surface area contributed by atoms with Crippen LogP contribution in [0.2, 0.25) is 0 Å². The molecular weight excluding hydrogens is 714 g/mol. The van der Waals surface area contributed by atoms with Crippen LogP contribution in [0.25, 0.3) is 0 Å². The van der Waals surface area contributed by atoms with Crippen LogP contribution in [-0.2, 0) is 28.7 Å². The van der Waals surface area contributed by atoms with Crippen molar-refractivity contribution in [2.75, 3.05) is 19.8 Å². The van der Waals surface area contributed by atoms with Gasteiger partial charge in [0.1, 0.15) is 18.2 Å². The number of nitrogens with zero attached hydrogens (tertiary/aromatic N) is 2. The van der Waals surface area contributed by atoms with Crippen LogP contribution in [0.1, 0.15) is 92.2 Å². The van der Waals surface area contributed by atoms with Crippen molar-refractivity contribution in [1.29, 1.82) is 0 Å². The Hall–Kier alpha value is -3.02. The summed E-state index contributed by atoms with van der Waals surface area (Å²) in [5.74, 6) is -3.52. The minimum absolute atomic E-state index is 0.0985. The number of rotatable bonds is 17. The number of likely N-dealkylation sites (tertiary alicyclic amines) is 1. The number of allylic oxidation sites excluding steroid dienone is 1. The number of benzene rings is 1. The number of ether oxygens (including phenoxy) is 2. The fourth-order valence-electron chi connectivity index (χ4n) is 8.77. The molecule has 3 saturated heterocycles. The number of aliphatic hydroxyl groups excluding tert-OH is 1. The summed E-state index contributed by atoms with van der Waals surface area (Å²) in [5.41, 5.74) is -1.30. The smallest absolute Gasteiger partial charge is 0.306 e. The fraction of sp³-hybridized carbons (Fsp3) is 0.650. The highest BCUT2D eigenvalue weighted by Crippen LogP contribution is 2.61. The fourth-order valence-corrected chi connectivity index (χ4v) is 9.71. The van der Waals surface area contributed by atoms with E-state index in [9.17, 15) is 19.5 Å². The number of carbonyl (C=O) groups is 4. The van der Waals surface area contributed by atoms with Crippen LogP contribution in [0.4, 0.5) is 0 Å². The molecule has 3 amide bonds. The average molecular weight is 773 g/mol. The molecule has 1 spiro atoms. The second kappa shape index (κ2) is 16.3. The molecule has 3 aliphatic rings. The highest BCUT2D eigenvalue weighted by atomic mass is 79.9. The van der Waals surface area contributed by atoms with Gasteiger partial charge in [0.05, 0.1) is 36.6 Å². The lowest BCUT2D eigenvalue weighted by Crippen LogP contribution is -2.63. The van der Waals surface area contributed by atoms with Crippen LogP contribution in [-0.4, -0.2) is 92.5 Å². The quantitative estimate of drug-likeness (QED) is 0.118. The molecule has 282 valence electrons. The highest BCUT2D eigenvalue weighted by molar-refractivity contribution is 9.09. The molecule has 0 aliphatic carbocycles. The number of halogens is 1. The molecule has 1 aromatic rings. The molecule has 9 atom stereocenters. The third kappa shape index (κ3) is 8.31. The van der Waals surface area contributed by atoms with Crippen LogP contribution in [0, 0.1) is 23.2 Å². The highest BCUT2D eigenvalue weighted by Gasteiger charge is 2.77. The van der Waals surface area contributed by atoms with Gasteiger partial charge in [-0.05, 0) is 50.0 Å². The minimum Gasteiger partial charge on any atom is -0.463 e. The Bertz CT molecular complexity index is 1440. The molecule has 11 heteroatoms. The molecule has 0 saturated carbocycles. The van der Waals surface area contributed by atoms with Gasteiger partial charge in [0.15, 0.2) is 0 Å². The van der Waals surface area contributed by atoms with Gasteiger partial charge in [-0.3, -0.25) is 19.2 Å². The van der Waals surface area contributed by atoms with E-state index in [1.807, 2.05) is 58.0 Å². The van der Waals surface area contributed by atoms with Gasteiger partial charge in [0.2, 0.25) is 17.7 Å². The number of nitrogens with one attached hydrogen (secondary N) is 1. The monoisotopic (exact) mass is 771 g/mol. The van der Waals surface area contributed by atoms with E-state index in [0.717, 1.165) is 5.56 Å². The topological polar surface area (TPSA) is 125 Å². The van der Waals surface area contributed by atoms with Gasteiger partial charge in [-0.15, -0.1) is 13.2 Å². The maximum Gasteiger partial charge on any atom is 0.306 e. The van der Waals surface area contributed by atoms with E-state index in [1.165, 1.54) is 0 Å². The lowest BCUT2D eigenvalue weighted by molar-refractivity contribution is -0.156. The van der Waals surface area contributed by atoms with E-state index < -0.39 is 59.1 Å². The number of esters is 1. The molecule has 4 rings (SSSR count). The van der Waals surface area contributed by atoms with Crippen LogP contribution >= 0.6 is 15.9 Å². The second-order valence-electron chi connectivity index (χ2n) is 16.3. The first kappa shape index (κ1) is 40.7. The summed E-state index contributed by atoms with van der Waals surface area (Å²) in [4.78, 5) is 60.2. The number of alkyl halides is 1. The predicted molar refractivity (Wildman–Crippen MR) is 201 cm³/mol. The molecule has 2 bridgehead atoms. The van der Waals surface area contributed by atoms with Crippen LogP contribution in [0.3, 0.4) is 0 Å². The zero-order valence-electron chi connectivity index (χ0n) is 31.4. The molecule has 0 aromatic heterocycles. The molecule has 3 fully saturated rings. The summed E-state index contributed by atoms with van der Waals surface area (Å²) in [6, 6.07) is 6.80. The van der Waals surface area contributed by atoms with Crippen molar-refractivity contribution in [2.24, 2.45) is 23.2 Å². The van der Waals surface area contributed by atoms with Crippen LogP contribution in [0.15, 0.2) is 55.6 Å². The Kier molecular flexibility index (Phi) is 13.0. The van der Waals surface area contributed by atoms with E-state index in [2.05, 4.69) is 55.2 Å². The molecule has 10 nitrogen and oxygen atoms in total. The summed E-state index contributed by atoms with van der Waals surface area (Å²) in [6.07, 6.45) is 4.98. The minimum atomic E-state index is -1.31. The summed E-state index contributed by atoms with van der Waals surface area (Å²) in [5, 5.41) is 13.9. The Balaban J connectivity index is 1.77. The first-order valence-electron chi connectivity index (χ1n) is 18.3. The van der Waals surface area contributed by atoms with E-state index in [0.29, 0.717) is 25.7 Å². The first-order chi connectivity index (χ1) is 24.0. The normalized spacial score (nSPS) is 27.4. The Morgan fingerprint density at radius 1 is 1.18 bits per heavy atom. The van der Waals surface area contributed by atoms with E-state index >= 15 is 4.79 Å². The maximum atomic E-state index is 15.2. The summed E-state index contributed by atoms with van der Waals surface area (Å²) in [6.45, 7) is 21.8. The van der Waals surface area contributed by atoms with E-state index in [4.69, 9.17) is 9.47 Å². The Labute approximate surface area is 312 Å². The molecular formula is C40H58BrN3O7. The number of carbonyl (C=O) groups excluding carboxylic acids is 4. The molecule has 3 heterocycles. The third-order valence-corrected chi connectivity index (χ3v) is 11.7. The Morgan fingerprint density at radius 2 is 1.84 bits per heavy atom. The summed E-state index contributed by atoms with van der Waals surface area (Å²) >= 11 is 3.78.